The molecule has 3 heterocycles. The number of fused-ring (bicyclic) bond motifs is 1. The quantitative estimate of drug-likeness (QED) is 0.237. The highest BCUT2D eigenvalue weighted by Crippen LogP contribution is 2.40. The fourth-order valence-electron chi connectivity index (χ4n) is 4.90. The third-order valence-corrected chi connectivity index (χ3v) is 6.73. The van der Waals surface area contributed by atoms with Gasteiger partial charge >= 0.3 is 6.09 Å². The lowest BCUT2D eigenvalue weighted by Gasteiger charge is -2.33. The van der Waals surface area contributed by atoms with Gasteiger partial charge in [-0.05, 0) is 25.0 Å². The summed E-state index contributed by atoms with van der Waals surface area (Å²) in [6, 6.07) is 12.7. The number of anilines is 3. The third kappa shape index (κ3) is 4.88. The van der Waals surface area contributed by atoms with Crippen LogP contribution >= 0.6 is 0 Å². The normalized spacial score (nSPS) is 13.9. The van der Waals surface area contributed by atoms with E-state index in [0.717, 1.165) is 16.5 Å². The first-order chi connectivity index (χ1) is 18.3. The molecular formula is C26H27N7O5. The molecule has 1 aliphatic rings. The van der Waals surface area contributed by atoms with E-state index in [9.17, 15) is 14.9 Å². The highest BCUT2D eigenvalue weighted by Gasteiger charge is 2.28. The molecule has 2 aromatic heterocycles. The Labute approximate surface area is 218 Å². The molecule has 5 rings (SSSR count). The number of nitro benzene ring substituents is 1. The highest BCUT2D eigenvalue weighted by molar-refractivity contribution is 5.95. The van der Waals surface area contributed by atoms with E-state index >= 15 is 0 Å². The van der Waals surface area contributed by atoms with Gasteiger partial charge in [0.25, 0.3) is 5.69 Å². The predicted molar refractivity (Wildman–Crippen MR) is 143 cm³/mol. The van der Waals surface area contributed by atoms with Crippen molar-refractivity contribution >= 4 is 40.0 Å². The van der Waals surface area contributed by atoms with Crippen molar-refractivity contribution < 1.29 is 19.6 Å². The number of carboxylic acid groups (broad SMARTS) is 1. The minimum absolute atomic E-state index is 0.0943. The van der Waals surface area contributed by atoms with Gasteiger partial charge in [0.05, 0.1) is 23.4 Å². The molecule has 12 heteroatoms. The van der Waals surface area contributed by atoms with Gasteiger partial charge in [-0.15, -0.1) is 0 Å². The van der Waals surface area contributed by atoms with Crippen LogP contribution in [-0.2, 0) is 7.05 Å². The number of hydrogen-bond donors (Lipinski definition) is 3. The largest absolute Gasteiger partial charge is 0.494 e. The Kier molecular flexibility index (Phi) is 6.69. The Bertz CT molecular complexity index is 1510. The molecular weight excluding hydrogens is 490 g/mol. The molecule has 0 aliphatic carbocycles. The van der Waals surface area contributed by atoms with Crippen LogP contribution in [0.15, 0.2) is 54.9 Å². The Morgan fingerprint density at radius 1 is 1.21 bits per heavy atom. The standard InChI is InChI=1S/C26H27N7O5/c1-31-15-18(17-5-3-4-6-21(17)31)19-7-10-27-25(29-19)30-20-13-23(33(36)37)22(14-24(20)38-2)32-11-8-16(9-12-32)28-26(34)35/h3-7,10,13-16,28H,8-9,11-12H2,1-2H3,(H,34,35)(H,27,29,30). The van der Waals surface area contributed by atoms with Crippen LogP contribution in [0.2, 0.25) is 0 Å². The maximum absolute atomic E-state index is 12.0. The van der Waals surface area contributed by atoms with Crippen molar-refractivity contribution in [1.82, 2.24) is 19.9 Å². The molecule has 1 amide bonds. The summed E-state index contributed by atoms with van der Waals surface area (Å²) in [7, 11) is 3.47. The van der Waals surface area contributed by atoms with Gasteiger partial charge in [0.15, 0.2) is 0 Å². The molecule has 0 saturated carbocycles. The number of carbonyl (C=O) groups is 1. The second kappa shape index (κ2) is 10.2. The molecule has 38 heavy (non-hydrogen) atoms. The van der Waals surface area contributed by atoms with Crippen molar-refractivity contribution in [3.8, 4) is 17.0 Å². The SMILES string of the molecule is COc1cc(N2CCC(NC(=O)O)CC2)c([N+](=O)[O-])cc1Nc1nccc(-c2cn(C)c3ccccc23)n1. The number of rotatable bonds is 7. The Morgan fingerprint density at radius 2 is 1.97 bits per heavy atom. The predicted octanol–water partition coefficient (Wildman–Crippen LogP) is 4.53. The van der Waals surface area contributed by atoms with E-state index < -0.39 is 11.0 Å². The van der Waals surface area contributed by atoms with Crippen LogP contribution in [0.4, 0.5) is 27.8 Å². The van der Waals surface area contributed by atoms with Crippen LogP contribution in [-0.4, -0.2) is 56.9 Å². The van der Waals surface area contributed by atoms with Crippen LogP contribution in [0.25, 0.3) is 22.2 Å². The minimum atomic E-state index is -1.07. The molecule has 2 aromatic carbocycles. The average molecular weight is 518 g/mol. The summed E-state index contributed by atoms with van der Waals surface area (Å²) in [4.78, 5) is 33.4. The van der Waals surface area contributed by atoms with Crippen LogP contribution in [0.3, 0.4) is 0 Å². The van der Waals surface area contributed by atoms with E-state index in [-0.39, 0.29) is 17.7 Å². The number of amides is 1. The summed E-state index contributed by atoms with van der Waals surface area (Å²) >= 11 is 0. The fourth-order valence-corrected chi connectivity index (χ4v) is 4.90. The Hall–Kier alpha value is -4.87. The first kappa shape index (κ1) is 24.8. The number of benzene rings is 2. The van der Waals surface area contributed by atoms with Gasteiger partial charge in [0.2, 0.25) is 5.95 Å². The van der Waals surface area contributed by atoms with E-state index in [1.165, 1.54) is 13.2 Å². The maximum atomic E-state index is 12.0. The van der Waals surface area contributed by atoms with E-state index in [1.54, 1.807) is 12.3 Å². The lowest BCUT2D eigenvalue weighted by atomic mass is 10.0. The van der Waals surface area contributed by atoms with Gasteiger partial charge in [-0.25, -0.2) is 14.8 Å². The van der Waals surface area contributed by atoms with E-state index in [4.69, 9.17) is 9.84 Å². The molecule has 0 spiro atoms. The number of methoxy groups -OCH3 is 1. The van der Waals surface area contributed by atoms with Gasteiger partial charge in [-0.3, -0.25) is 10.1 Å². The van der Waals surface area contributed by atoms with Crippen LogP contribution in [0.5, 0.6) is 5.75 Å². The van der Waals surface area contributed by atoms with Crippen LogP contribution in [0.1, 0.15) is 12.8 Å². The number of nitrogens with zero attached hydrogens (tertiary/aromatic N) is 5. The van der Waals surface area contributed by atoms with Gasteiger partial charge in [0.1, 0.15) is 11.4 Å². The zero-order valence-electron chi connectivity index (χ0n) is 20.9. The molecule has 0 radical (unpaired) electrons. The number of para-hydroxylation sites is 1. The molecule has 4 aromatic rings. The number of nitro groups is 1. The first-order valence-corrected chi connectivity index (χ1v) is 12.1. The molecule has 0 atom stereocenters. The number of piperidine rings is 1. The van der Waals surface area contributed by atoms with Gasteiger partial charge in [-0.1, -0.05) is 18.2 Å². The Balaban J connectivity index is 1.44. The lowest BCUT2D eigenvalue weighted by molar-refractivity contribution is -0.384. The maximum Gasteiger partial charge on any atom is 0.404 e. The molecule has 3 N–H and O–H groups in total. The van der Waals surface area contributed by atoms with Crippen molar-refractivity contribution in [1.29, 1.82) is 0 Å². The molecule has 1 aliphatic heterocycles. The van der Waals surface area contributed by atoms with E-state index in [2.05, 4.69) is 20.6 Å². The van der Waals surface area contributed by atoms with Gasteiger partial charge in [0, 0.05) is 67.2 Å². The van der Waals surface area contributed by atoms with Crippen molar-refractivity contribution in [2.75, 3.05) is 30.4 Å². The van der Waals surface area contributed by atoms with Crippen LogP contribution in [0, 0.1) is 10.1 Å². The second-order valence-electron chi connectivity index (χ2n) is 9.07. The summed E-state index contributed by atoms with van der Waals surface area (Å²) in [5, 5.41) is 27.6. The smallest absolute Gasteiger partial charge is 0.404 e. The van der Waals surface area contributed by atoms with Gasteiger partial charge < -0.3 is 29.9 Å². The topological polar surface area (TPSA) is 148 Å². The number of nitrogens with one attached hydrogen (secondary N) is 2. The summed E-state index contributed by atoms with van der Waals surface area (Å²) in [6.45, 7) is 0.940. The molecule has 0 unspecified atom stereocenters. The molecule has 1 fully saturated rings. The molecule has 0 bridgehead atoms. The van der Waals surface area contributed by atoms with Crippen LogP contribution < -0.4 is 20.3 Å². The minimum Gasteiger partial charge on any atom is -0.494 e. The van der Waals surface area contributed by atoms with Crippen molar-refractivity contribution in [3.05, 3.63) is 65.0 Å². The molecule has 1 saturated heterocycles. The molecule has 196 valence electrons. The number of hydrogen-bond acceptors (Lipinski definition) is 8. The van der Waals surface area contributed by atoms with Crippen molar-refractivity contribution in [2.24, 2.45) is 7.05 Å². The number of ether oxygens (including phenoxy) is 1. The van der Waals surface area contributed by atoms with Crippen molar-refractivity contribution in [2.45, 2.75) is 18.9 Å². The van der Waals surface area contributed by atoms with Gasteiger partial charge in [-0.2, -0.15) is 0 Å². The van der Waals surface area contributed by atoms with Crippen molar-refractivity contribution in [3.63, 3.8) is 0 Å². The Morgan fingerprint density at radius 3 is 2.68 bits per heavy atom. The summed E-state index contributed by atoms with van der Waals surface area (Å²) in [5.41, 5.74) is 3.41. The monoisotopic (exact) mass is 517 g/mol. The van der Waals surface area contributed by atoms with E-state index in [0.29, 0.717) is 48.7 Å². The third-order valence-electron chi connectivity index (χ3n) is 6.73. The number of aromatic nitrogens is 3. The second-order valence-corrected chi connectivity index (χ2v) is 9.07. The zero-order chi connectivity index (χ0) is 26.8. The summed E-state index contributed by atoms with van der Waals surface area (Å²) in [6.07, 6.45) is 3.66. The lowest BCUT2D eigenvalue weighted by Crippen LogP contribution is -2.44. The average Bonchev–Trinajstić information content (AvgIpc) is 3.25. The highest BCUT2D eigenvalue weighted by atomic mass is 16.6. The first-order valence-electron chi connectivity index (χ1n) is 12.1. The summed E-state index contributed by atoms with van der Waals surface area (Å²) < 4.78 is 7.61. The van der Waals surface area contributed by atoms with E-state index in [1.807, 2.05) is 53.0 Å². The fraction of sp³-hybridized carbons (Fsp3) is 0.269. The number of aryl methyl sites for hydroxylation is 1. The summed E-state index contributed by atoms with van der Waals surface area (Å²) in [5.74, 6) is 0.673. The molecule has 12 nitrogen and oxygen atoms in total. The zero-order valence-corrected chi connectivity index (χ0v) is 20.9.